The number of nitrogens with zero attached hydrogens (tertiary/aromatic N) is 1. The first-order valence-corrected chi connectivity index (χ1v) is 8.84. The minimum atomic E-state index is -0.571. The summed E-state index contributed by atoms with van der Waals surface area (Å²) < 4.78 is 16.1. The number of amides is 2. The topological polar surface area (TPSA) is 77.1 Å². The number of aryl methyl sites for hydroxylation is 1. The Morgan fingerprint density at radius 2 is 1.82 bits per heavy atom. The van der Waals surface area contributed by atoms with Gasteiger partial charge in [0.1, 0.15) is 11.3 Å². The number of hydrogen-bond donors (Lipinski definition) is 1. The van der Waals surface area contributed by atoms with Crippen molar-refractivity contribution in [2.75, 3.05) is 18.8 Å². The van der Waals surface area contributed by atoms with Crippen molar-refractivity contribution in [3.63, 3.8) is 0 Å². The minimum absolute atomic E-state index is 0.0358. The fraction of sp³-hybridized carbons (Fsp3) is 0.150. The molecular weight excluding hydrogens is 380 g/mol. The van der Waals surface area contributed by atoms with E-state index in [2.05, 4.69) is 5.32 Å². The highest BCUT2D eigenvalue weighted by atomic mass is 32.1. The lowest BCUT2D eigenvalue weighted by atomic mass is 10.1. The molecule has 2 amide bonds. The van der Waals surface area contributed by atoms with Gasteiger partial charge in [-0.2, -0.15) is 0 Å². The number of thiocarbonyl (C=S) groups is 1. The van der Waals surface area contributed by atoms with E-state index in [1.807, 2.05) is 19.1 Å². The van der Waals surface area contributed by atoms with Crippen LogP contribution in [-0.4, -0.2) is 30.8 Å². The second-order valence-electron chi connectivity index (χ2n) is 6.24. The van der Waals surface area contributed by atoms with Gasteiger partial charge in [-0.1, -0.05) is 17.7 Å². The smallest absolute Gasteiger partial charge is 0.270 e. The zero-order valence-corrected chi connectivity index (χ0v) is 16.0. The molecule has 0 aliphatic carbocycles. The van der Waals surface area contributed by atoms with Gasteiger partial charge < -0.3 is 14.2 Å². The molecule has 142 valence electrons. The number of rotatable bonds is 3. The van der Waals surface area contributed by atoms with Gasteiger partial charge in [0.2, 0.25) is 6.79 Å². The van der Waals surface area contributed by atoms with E-state index in [-0.39, 0.29) is 17.5 Å². The molecule has 0 aromatic heterocycles. The van der Waals surface area contributed by atoms with Crippen LogP contribution in [0.2, 0.25) is 0 Å². The fourth-order valence-corrected chi connectivity index (χ4v) is 3.25. The van der Waals surface area contributed by atoms with E-state index in [1.165, 1.54) is 18.1 Å². The number of fused-ring (bicyclic) bond motifs is 1. The van der Waals surface area contributed by atoms with Crippen LogP contribution in [0.1, 0.15) is 11.1 Å². The highest BCUT2D eigenvalue weighted by Crippen LogP contribution is 2.39. The van der Waals surface area contributed by atoms with Gasteiger partial charge in [0.25, 0.3) is 11.8 Å². The molecule has 0 saturated carbocycles. The molecular formula is C20H16N2O5S. The third-order valence-corrected chi connectivity index (χ3v) is 4.70. The maximum absolute atomic E-state index is 13.1. The Balaban J connectivity index is 1.76. The molecule has 0 spiro atoms. The lowest BCUT2D eigenvalue weighted by molar-refractivity contribution is -0.122. The Bertz CT molecular complexity index is 1030. The molecule has 28 heavy (non-hydrogen) atoms. The van der Waals surface area contributed by atoms with E-state index in [0.717, 1.165) is 5.56 Å². The summed E-state index contributed by atoms with van der Waals surface area (Å²) in [7, 11) is 1.50. The van der Waals surface area contributed by atoms with Gasteiger partial charge in [0.15, 0.2) is 16.6 Å². The Morgan fingerprint density at radius 3 is 2.50 bits per heavy atom. The molecule has 7 nitrogen and oxygen atoms in total. The van der Waals surface area contributed by atoms with Crippen LogP contribution in [-0.2, 0) is 9.59 Å². The van der Waals surface area contributed by atoms with Crippen molar-refractivity contribution in [2.45, 2.75) is 6.92 Å². The van der Waals surface area contributed by atoms with Gasteiger partial charge in [-0.3, -0.25) is 19.8 Å². The molecule has 1 saturated heterocycles. The zero-order chi connectivity index (χ0) is 19.8. The highest BCUT2D eigenvalue weighted by molar-refractivity contribution is 7.80. The maximum Gasteiger partial charge on any atom is 0.270 e. The van der Waals surface area contributed by atoms with Crippen LogP contribution >= 0.6 is 12.2 Å². The van der Waals surface area contributed by atoms with Gasteiger partial charge >= 0.3 is 0 Å². The lowest BCUT2D eigenvalue weighted by Gasteiger charge is -2.29. The van der Waals surface area contributed by atoms with Crippen LogP contribution < -0.4 is 24.4 Å². The Labute approximate surface area is 166 Å². The molecule has 0 bridgehead atoms. The second kappa shape index (κ2) is 6.97. The monoisotopic (exact) mass is 396 g/mol. The molecule has 4 rings (SSSR count). The van der Waals surface area contributed by atoms with E-state index in [0.29, 0.717) is 28.5 Å². The van der Waals surface area contributed by atoms with Gasteiger partial charge in [0.05, 0.1) is 12.8 Å². The van der Waals surface area contributed by atoms with Crippen LogP contribution in [0.4, 0.5) is 5.69 Å². The van der Waals surface area contributed by atoms with Gasteiger partial charge in [-0.05, 0) is 43.4 Å². The van der Waals surface area contributed by atoms with E-state index >= 15 is 0 Å². The van der Waals surface area contributed by atoms with Crippen molar-refractivity contribution >= 4 is 40.9 Å². The summed E-state index contributed by atoms with van der Waals surface area (Å²) in [4.78, 5) is 26.8. The van der Waals surface area contributed by atoms with Crippen molar-refractivity contribution in [1.29, 1.82) is 0 Å². The van der Waals surface area contributed by atoms with Crippen molar-refractivity contribution in [3.05, 3.63) is 53.1 Å². The molecule has 0 unspecified atom stereocenters. The van der Waals surface area contributed by atoms with Crippen LogP contribution in [0.25, 0.3) is 6.08 Å². The molecule has 8 heteroatoms. The van der Waals surface area contributed by atoms with Crippen molar-refractivity contribution < 1.29 is 23.8 Å². The SMILES string of the molecule is COc1cc2c(cc1/C=C1/C(=O)NC(=S)N(c3ccc(C)cc3)C1=O)OCO2. The molecule has 0 atom stereocenters. The summed E-state index contributed by atoms with van der Waals surface area (Å²) in [5.74, 6) is 0.422. The average molecular weight is 396 g/mol. The Kier molecular flexibility index (Phi) is 4.48. The van der Waals surface area contributed by atoms with E-state index in [1.54, 1.807) is 24.3 Å². The Hall–Kier alpha value is -3.39. The molecule has 2 aliphatic rings. The van der Waals surface area contributed by atoms with Gasteiger partial charge in [0, 0.05) is 11.6 Å². The number of carbonyl (C=O) groups is 2. The quantitative estimate of drug-likeness (QED) is 0.488. The minimum Gasteiger partial charge on any atom is -0.496 e. The summed E-state index contributed by atoms with van der Waals surface area (Å²) in [6.45, 7) is 2.05. The number of methoxy groups -OCH3 is 1. The molecule has 2 heterocycles. The largest absolute Gasteiger partial charge is 0.496 e. The Morgan fingerprint density at radius 1 is 1.14 bits per heavy atom. The predicted octanol–water partition coefficient (Wildman–Crippen LogP) is 2.56. The van der Waals surface area contributed by atoms with E-state index in [9.17, 15) is 9.59 Å². The standard InChI is InChI=1S/C20H16N2O5S/c1-11-3-5-13(6-4-11)22-19(24)14(18(23)21-20(22)28)7-12-8-16-17(27-10-26-16)9-15(12)25-2/h3-9H,10H2,1-2H3,(H,21,23,28)/b14-7-. The molecule has 2 aromatic rings. The van der Waals surface area contributed by atoms with E-state index < -0.39 is 11.8 Å². The summed E-state index contributed by atoms with van der Waals surface area (Å²) in [5.41, 5.74) is 2.07. The van der Waals surface area contributed by atoms with Gasteiger partial charge in [-0.15, -0.1) is 0 Å². The van der Waals surface area contributed by atoms with Crippen LogP contribution in [0, 0.1) is 6.92 Å². The van der Waals surface area contributed by atoms with E-state index in [4.69, 9.17) is 26.4 Å². The highest BCUT2D eigenvalue weighted by Gasteiger charge is 2.34. The number of ether oxygens (including phenoxy) is 3. The molecule has 0 radical (unpaired) electrons. The number of benzene rings is 2. The predicted molar refractivity (Wildman–Crippen MR) is 106 cm³/mol. The normalized spacial score (nSPS) is 17.1. The zero-order valence-electron chi connectivity index (χ0n) is 15.1. The second-order valence-corrected chi connectivity index (χ2v) is 6.63. The van der Waals surface area contributed by atoms with Crippen molar-refractivity contribution in [1.82, 2.24) is 5.32 Å². The maximum atomic E-state index is 13.1. The molecule has 2 aliphatic heterocycles. The van der Waals surface area contributed by atoms with Crippen molar-refractivity contribution in [2.24, 2.45) is 0 Å². The first kappa shape index (κ1) is 18.0. The van der Waals surface area contributed by atoms with Crippen LogP contribution in [0.5, 0.6) is 17.2 Å². The van der Waals surface area contributed by atoms with Gasteiger partial charge in [-0.25, -0.2) is 0 Å². The first-order valence-electron chi connectivity index (χ1n) is 8.43. The lowest BCUT2D eigenvalue weighted by Crippen LogP contribution is -2.54. The molecule has 2 aromatic carbocycles. The summed E-state index contributed by atoms with van der Waals surface area (Å²) in [6, 6.07) is 10.6. The van der Waals surface area contributed by atoms with Crippen LogP contribution in [0.3, 0.4) is 0 Å². The number of carbonyl (C=O) groups excluding carboxylic acids is 2. The fourth-order valence-electron chi connectivity index (χ4n) is 2.97. The first-order chi connectivity index (χ1) is 13.5. The number of nitrogens with one attached hydrogen (secondary N) is 1. The summed E-state index contributed by atoms with van der Waals surface area (Å²) in [6.07, 6.45) is 1.46. The number of hydrogen-bond acceptors (Lipinski definition) is 6. The average Bonchev–Trinajstić information content (AvgIpc) is 3.13. The third-order valence-electron chi connectivity index (χ3n) is 4.42. The van der Waals surface area contributed by atoms with Crippen molar-refractivity contribution in [3.8, 4) is 17.2 Å². The summed E-state index contributed by atoms with van der Waals surface area (Å²) >= 11 is 5.21. The summed E-state index contributed by atoms with van der Waals surface area (Å²) in [5, 5.41) is 2.60. The molecule has 1 fully saturated rings. The third kappa shape index (κ3) is 3.07. The number of anilines is 1. The molecule has 1 N–H and O–H groups in total. The van der Waals surface area contributed by atoms with Crippen LogP contribution in [0.15, 0.2) is 42.0 Å².